The second-order valence-electron chi connectivity index (χ2n) is 7.68. The summed E-state index contributed by atoms with van der Waals surface area (Å²) in [5.41, 5.74) is 2.80. The summed E-state index contributed by atoms with van der Waals surface area (Å²) >= 11 is 5.63. The highest BCUT2D eigenvalue weighted by molar-refractivity contribution is 7.80. The molecule has 0 spiro atoms. The smallest absolute Gasteiger partial charge is 0.269 e. The molecule has 4 rings (SSSR count). The van der Waals surface area contributed by atoms with Crippen molar-refractivity contribution in [3.63, 3.8) is 0 Å². The van der Waals surface area contributed by atoms with E-state index in [1.807, 2.05) is 39.0 Å². The molecule has 9 heteroatoms. The van der Waals surface area contributed by atoms with Crippen LogP contribution >= 0.6 is 32.9 Å². The summed E-state index contributed by atoms with van der Waals surface area (Å²) in [6, 6.07) is 11.8. The minimum Gasteiger partial charge on any atom is -0.494 e. The van der Waals surface area contributed by atoms with Gasteiger partial charge in [-0.1, -0.05) is 32.9 Å². The summed E-state index contributed by atoms with van der Waals surface area (Å²) in [7, 11) is 3.13. The quantitative estimate of drug-likeness (QED) is 0.131. The van der Waals surface area contributed by atoms with Crippen molar-refractivity contribution in [1.82, 2.24) is 0 Å². The van der Waals surface area contributed by atoms with Crippen LogP contribution in [0.4, 0.5) is 11.4 Å². The lowest BCUT2D eigenvalue weighted by molar-refractivity contribution is -0.384. The third kappa shape index (κ3) is 3.87. The predicted molar refractivity (Wildman–Crippen MR) is 132 cm³/mol. The number of fused-ring (bicyclic) bond motifs is 3. The molecule has 3 aromatic rings. The number of hydrogen-bond donors (Lipinski definition) is 0. The maximum atomic E-state index is 13.4. The molecule has 0 fully saturated rings. The Morgan fingerprint density at radius 1 is 1.22 bits per heavy atom. The van der Waals surface area contributed by atoms with Crippen LogP contribution < -0.4 is 9.64 Å². The van der Waals surface area contributed by atoms with Gasteiger partial charge in [0.2, 0.25) is 0 Å². The van der Waals surface area contributed by atoms with E-state index in [0.717, 1.165) is 31.3 Å². The van der Waals surface area contributed by atoms with Crippen LogP contribution in [-0.2, 0) is 10.3 Å². The average Bonchev–Trinajstić information content (AvgIpc) is 3.16. The molecule has 0 bridgehead atoms. The van der Waals surface area contributed by atoms with Gasteiger partial charge in [0, 0.05) is 29.3 Å². The Morgan fingerprint density at radius 3 is 2.59 bits per heavy atom. The van der Waals surface area contributed by atoms with E-state index in [-0.39, 0.29) is 11.6 Å². The SMILES string of the molecule is CCOc1ccc2c(c1)-c1c(ssc1=S)C(C)(C)N2C(=O)/C=C/c1ccc([N+](=O)[O-])cc1. The monoisotopic (exact) mass is 484 g/mol. The Labute approximate surface area is 197 Å². The van der Waals surface area contributed by atoms with Crippen molar-refractivity contribution < 1.29 is 14.5 Å². The average molecular weight is 485 g/mol. The zero-order valence-corrected chi connectivity index (χ0v) is 20.1. The number of nitrogens with zero attached hydrogens (tertiary/aromatic N) is 2. The first kappa shape index (κ1) is 22.3. The van der Waals surface area contributed by atoms with Crippen molar-refractivity contribution in [2.24, 2.45) is 0 Å². The zero-order chi connectivity index (χ0) is 23.0. The van der Waals surface area contributed by atoms with E-state index in [1.165, 1.54) is 28.5 Å². The first-order valence-electron chi connectivity index (χ1n) is 9.91. The molecule has 32 heavy (non-hydrogen) atoms. The first-order chi connectivity index (χ1) is 15.2. The van der Waals surface area contributed by atoms with Gasteiger partial charge in [0.25, 0.3) is 11.6 Å². The minimum atomic E-state index is -0.593. The fraction of sp³-hybridized carbons (Fsp3) is 0.217. The van der Waals surface area contributed by atoms with E-state index < -0.39 is 10.5 Å². The lowest BCUT2D eigenvalue weighted by atomic mass is 9.87. The van der Waals surface area contributed by atoms with Crippen LogP contribution in [0.5, 0.6) is 5.75 Å². The van der Waals surface area contributed by atoms with Gasteiger partial charge in [-0.05, 0) is 62.7 Å². The Kier molecular flexibility index (Phi) is 5.98. The van der Waals surface area contributed by atoms with E-state index in [4.69, 9.17) is 17.0 Å². The molecule has 2 aromatic carbocycles. The van der Waals surface area contributed by atoms with Crippen molar-refractivity contribution in [2.45, 2.75) is 26.3 Å². The van der Waals surface area contributed by atoms with Crippen LogP contribution in [0.25, 0.3) is 17.2 Å². The van der Waals surface area contributed by atoms with Crippen molar-refractivity contribution in [2.75, 3.05) is 11.5 Å². The molecular weight excluding hydrogens is 464 g/mol. The number of anilines is 1. The minimum absolute atomic E-state index is 0.0101. The Bertz CT molecular complexity index is 1290. The standard InChI is InChI=1S/C23H20N2O4S3/c1-4-29-16-10-11-18-17(13-16)20-21(31-32-22(20)30)23(2,3)24(18)19(26)12-7-14-5-8-15(9-6-14)25(27)28/h5-13H,4H2,1-3H3/b12-7+. The molecule has 164 valence electrons. The number of nitro groups is 1. The third-order valence-corrected chi connectivity index (χ3v) is 8.61. The van der Waals surface area contributed by atoms with E-state index >= 15 is 0 Å². The molecule has 0 saturated carbocycles. The van der Waals surface area contributed by atoms with Crippen molar-refractivity contribution in [3.8, 4) is 16.9 Å². The summed E-state index contributed by atoms with van der Waals surface area (Å²) in [5, 5.41) is 10.9. The van der Waals surface area contributed by atoms with Crippen LogP contribution in [0.1, 0.15) is 31.2 Å². The summed E-state index contributed by atoms with van der Waals surface area (Å²) in [6.07, 6.45) is 3.17. The summed E-state index contributed by atoms with van der Waals surface area (Å²) in [4.78, 5) is 26.7. The highest BCUT2D eigenvalue weighted by atomic mass is 32.9. The second kappa shape index (κ2) is 8.57. The largest absolute Gasteiger partial charge is 0.494 e. The molecule has 0 N–H and O–H groups in total. The van der Waals surface area contributed by atoms with Gasteiger partial charge in [-0.25, -0.2) is 0 Å². The maximum absolute atomic E-state index is 13.4. The van der Waals surface area contributed by atoms with Crippen LogP contribution in [-0.4, -0.2) is 17.4 Å². The number of nitro benzene ring substituents is 1. The number of carbonyl (C=O) groups excluding carboxylic acids is 1. The zero-order valence-electron chi connectivity index (χ0n) is 17.7. The van der Waals surface area contributed by atoms with E-state index in [2.05, 4.69) is 0 Å². The van der Waals surface area contributed by atoms with Crippen molar-refractivity contribution in [1.29, 1.82) is 0 Å². The molecule has 0 unspecified atom stereocenters. The molecule has 0 atom stereocenters. The maximum Gasteiger partial charge on any atom is 0.269 e. The predicted octanol–water partition coefficient (Wildman–Crippen LogP) is 6.81. The fourth-order valence-corrected chi connectivity index (χ4v) is 7.09. The molecular formula is C23H20N2O4S3. The molecule has 6 nitrogen and oxygen atoms in total. The fourth-order valence-electron chi connectivity index (χ4n) is 3.81. The lowest BCUT2D eigenvalue weighted by Crippen LogP contribution is -2.47. The molecule has 0 saturated heterocycles. The van der Waals surface area contributed by atoms with Crippen LogP contribution in [0.3, 0.4) is 0 Å². The van der Waals surface area contributed by atoms with Gasteiger partial charge in [-0.2, -0.15) is 0 Å². The summed E-state index contributed by atoms with van der Waals surface area (Å²) in [6.45, 7) is 6.50. The third-order valence-electron chi connectivity index (χ3n) is 5.28. The van der Waals surface area contributed by atoms with Crippen LogP contribution in [0, 0.1) is 13.9 Å². The van der Waals surface area contributed by atoms with Crippen molar-refractivity contribution in [3.05, 3.63) is 72.9 Å². The van der Waals surface area contributed by atoms with Crippen LogP contribution in [0.2, 0.25) is 0 Å². The lowest BCUT2D eigenvalue weighted by Gasteiger charge is -2.42. The summed E-state index contributed by atoms with van der Waals surface area (Å²) in [5.74, 6) is 0.546. The van der Waals surface area contributed by atoms with E-state index in [1.54, 1.807) is 33.4 Å². The number of rotatable bonds is 5. The second-order valence-corrected chi connectivity index (χ2v) is 10.5. The van der Waals surface area contributed by atoms with Gasteiger partial charge < -0.3 is 4.74 Å². The molecule has 0 aliphatic carbocycles. The summed E-state index contributed by atoms with van der Waals surface area (Å²) < 4.78 is 6.50. The molecule has 1 aromatic heterocycles. The van der Waals surface area contributed by atoms with Crippen molar-refractivity contribution >= 4 is 56.3 Å². The topological polar surface area (TPSA) is 72.7 Å². The van der Waals surface area contributed by atoms with Gasteiger partial charge in [0.15, 0.2) is 0 Å². The Morgan fingerprint density at radius 2 is 1.94 bits per heavy atom. The van der Waals surface area contributed by atoms with Gasteiger partial charge in [0.05, 0.1) is 27.6 Å². The Hall–Kier alpha value is -2.88. The molecule has 2 heterocycles. The highest BCUT2D eigenvalue weighted by Gasteiger charge is 2.42. The van der Waals surface area contributed by atoms with Crippen LogP contribution in [0.15, 0.2) is 48.5 Å². The number of amides is 1. The molecule has 0 radical (unpaired) electrons. The Balaban J connectivity index is 1.76. The molecule has 1 aliphatic rings. The number of non-ortho nitro benzene ring substituents is 1. The van der Waals surface area contributed by atoms with Gasteiger partial charge in [-0.3, -0.25) is 19.8 Å². The number of hydrogen-bond acceptors (Lipinski definition) is 7. The highest BCUT2D eigenvalue weighted by Crippen LogP contribution is 2.52. The number of benzene rings is 2. The first-order valence-corrected chi connectivity index (χ1v) is 12.5. The molecule has 1 aliphatic heterocycles. The molecule has 1 amide bonds. The normalized spacial score (nSPS) is 14.2. The van der Waals surface area contributed by atoms with Gasteiger partial charge in [-0.15, -0.1) is 0 Å². The number of ether oxygens (including phenoxy) is 1. The van der Waals surface area contributed by atoms with Gasteiger partial charge in [0.1, 0.15) is 9.57 Å². The van der Waals surface area contributed by atoms with E-state index in [9.17, 15) is 14.9 Å². The number of carbonyl (C=O) groups is 1. The van der Waals surface area contributed by atoms with Gasteiger partial charge >= 0.3 is 0 Å². The van der Waals surface area contributed by atoms with E-state index in [0.29, 0.717) is 12.2 Å².